The fraction of sp³-hybridized carbons (Fsp3) is 0.353. The van der Waals surface area contributed by atoms with Crippen molar-refractivity contribution >= 4 is 17.3 Å². The van der Waals surface area contributed by atoms with Crippen LogP contribution in [0.15, 0.2) is 47.4 Å². The lowest BCUT2D eigenvalue weighted by Gasteiger charge is -2.20. The summed E-state index contributed by atoms with van der Waals surface area (Å²) in [5.41, 5.74) is 2.20. The molecule has 0 radical (unpaired) electrons. The van der Waals surface area contributed by atoms with Gasteiger partial charge in [0.2, 0.25) is 0 Å². The summed E-state index contributed by atoms with van der Waals surface area (Å²) in [6.07, 6.45) is 3.97. The van der Waals surface area contributed by atoms with E-state index < -0.39 is 0 Å². The fourth-order valence-electron chi connectivity index (χ4n) is 2.37. The number of rotatable bonds is 6. The second kappa shape index (κ2) is 7.32. The number of pyridine rings is 1. The Balaban J connectivity index is 2.23. The summed E-state index contributed by atoms with van der Waals surface area (Å²) < 4.78 is 1.70. The van der Waals surface area contributed by atoms with Crippen LogP contribution in [0.1, 0.15) is 38.3 Å². The third-order valence-corrected chi connectivity index (χ3v) is 3.77. The van der Waals surface area contributed by atoms with Crippen molar-refractivity contribution < 1.29 is 0 Å². The van der Waals surface area contributed by atoms with Crippen LogP contribution in [0.2, 0.25) is 5.02 Å². The molecular weight excluding hydrogens is 284 g/mol. The van der Waals surface area contributed by atoms with E-state index in [1.807, 2.05) is 43.5 Å². The molecule has 0 spiro atoms. The molecule has 0 saturated heterocycles. The van der Waals surface area contributed by atoms with Crippen molar-refractivity contribution in [2.45, 2.75) is 39.3 Å². The maximum absolute atomic E-state index is 11.6. The van der Waals surface area contributed by atoms with Crippen LogP contribution in [0.3, 0.4) is 0 Å². The van der Waals surface area contributed by atoms with E-state index in [-0.39, 0.29) is 11.6 Å². The van der Waals surface area contributed by atoms with Gasteiger partial charge in [0.25, 0.3) is 5.56 Å². The van der Waals surface area contributed by atoms with Crippen LogP contribution >= 0.6 is 11.6 Å². The molecule has 1 heterocycles. The van der Waals surface area contributed by atoms with Crippen molar-refractivity contribution in [3.63, 3.8) is 0 Å². The second-order valence-corrected chi connectivity index (χ2v) is 5.52. The van der Waals surface area contributed by atoms with E-state index >= 15 is 0 Å². The third-order valence-electron chi connectivity index (χ3n) is 3.51. The van der Waals surface area contributed by atoms with Crippen LogP contribution in [0.4, 0.5) is 5.69 Å². The van der Waals surface area contributed by atoms with Crippen molar-refractivity contribution in [3.05, 3.63) is 63.5 Å². The van der Waals surface area contributed by atoms with Crippen LogP contribution in [0.5, 0.6) is 0 Å². The molecule has 4 heteroatoms. The van der Waals surface area contributed by atoms with Gasteiger partial charge in [0.15, 0.2) is 0 Å². The molecule has 112 valence electrons. The predicted octanol–water partition coefficient (Wildman–Crippen LogP) is 4.47. The standard InChI is InChI=1S/C17H21ClN2O/c1-3-5-16(13-6-8-14(18)9-7-13)19-15-10-11-17(21)20(4-2)12-15/h6-12,16,19H,3-5H2,1-2H3. The average molecular weight is 305 g/mol. The summed E-state index contributed by atoms with van der Waals surface area (Å²) >= 11 is 5.95. The smallest absolute Gasteiger partial charge is 0.250 e. The lowest BCUT2D eigenvalue weighted by Crippen LogP contribution is -2.19. The maximum Gasteiger partial charge on any atom is 0.250 e. The molecule has 0 aliphatic carbocycles. The molecule has 2 rings (SSSR count). The minimum atomic E-state index is 0.0292. The summed E-state index contributed by atoms with van der Waals surface area (Å²) in [7, 11) is 0. The van der Waals surface area contributed by atoms with E-state index in [4.69, 9.17) is 11.6 Å². The van der Waals surface area contributed by atoms with Gasteiger partial charge in [0.1, 0.15) is 0 Å². The topological polar surface area (TPSA) is 34.0 Å². The van der Waals surface area contributed by atoms with Crippen molar-refractivity contribution in [2.75, 3.05) is 5.32 Å². The first-order chi connectivity index (χ1) is 10.1. The maximum atomic E-state index is 11.6. The lowest BCUT2D eigenvalue weighted by atomic mass is 10.0. The molecule has 1 aromatic carbocycles. The number of halogens is 1. The van der Waals surface area contributed by atoms with E-state index in [0.717, 1.165) is 23.6 Å². The summed E-state index contributed by atoms with van der Waals surface area (Å²) in [5, 5.41) is 4.26. The number of hydrogen-bond donors (Lipinski definition) is 1. The van der Waals surface area contributed by atoms with Gasteiger partial charge in [-0.1, -0.05) is 37.1 Å². The molecule has 1 N–H and O–H groups in total. The summed E-state index contributed by atoms with van der Waals surface area (Å²) in [5.74, 6) is 0. The van der Waals surface area contributed by atoms with Crippen molar-refractivity contribution in [2.24, 2.45) is 0 Å². The Bertz CT molecular complexity index is 634. The van der Waals surface area contributed by atoms with Gasteiger partial charge in [-0.05, 0) is 37.1 Å². The molecule has 21 heavy (non-hydrogen) atoms. The van der Waals surface area contributed by atoms with Crippen molar-refractivity contribution in [3.8, 4) is 0 Å². The number of benzene rings is 1. The molecule has 0 aliphatic heterocycles. The van der Waals surface area contributed by atoms with Gasteiger partial charge in [-0.15, -0.1) is 0 Å². The molecule has 0 aliphatic rings. The molecule has 1 atom stereocenters. The minimum absolute atomic E-state index is 0.0292. The second-order valence-electron chi connectivity index (χ2n) is 5.08. The third kappa shape index (κ3) is 4.11. The highest BCUT2D eigenvalue weighted by atomic mass is 35.5. The molecule has 0 saturated carbocycles. The van der Waals surface area contributed by atoms with Gasteiger partial charge >= 0.3 is 0 Å². The Kier molecular flexibility index (Phi) is 5.45. The number of anilines is 1. The summed E-state index contributed by atoms with van der Waals surface area (Å²) in [4.78, 5) is 11.6. The summed E-state index contributed by atoms with van der Waals surface area (Å²) in [6, 6.07) is 11.6. The predicted molar refractivity (Wildman–Crippen MR) is 89.1 cm³/mol. The van der Waals surface area contributed by atoms with E-state index in [1.165, 1.54) is 5.56 Å². The van der Waals surface area contributed by atoms with Crippen LogP contribution < -0.4 is 10.9 Å². The molecule has 0 fully saturated rings. The fourth-order valence-corrected chi connectivity index (χ4v) is 2.50. The number of nitrogens with zero attached hydrogens (tertiary/aromatic N) is 1. The first-order valence-corrected chi connectivity index (χ1v) is 7.74. The minimum Gasteiger partial charge on any atom is -0.377 e. The van der Waals surface area contributed by atoms with E-state index in [1.54, 1.807) is 10.6 Å². The molecular formula is C17H21ClN2O. The van der Waals surface area contributed by atoms with Crippen LogP contribution in [-0.2, 0) is 6.54 Å². The Hall–Kier alpha value is -1.74. The van der Waals surface area contributed by atoms with Crippen LogP contribution in [0, 0.1) is 0 Å². The molecule has 2 aromatic rings. The molecule has 3 nitrogen and oxygen atoms in total. The number of hydrogen-bond acceptors (Lipinski definition) is 2. The number of aromatic nitrogens is 1. The molecule has 1 aromatic heterocycles. The molecule has 1 unspecified atom stereocenters. The summed E-state index contributed by atoms with van der Waals surface area (Å²) in [6.45, 7) is 4.80. The SMILES string of the molecule is CCCC(Nc1ccc(=O)n(CC)c1)c1ccc(Cl)cc1. The highest BCUT2D eigenvalue weighted by Gasteiger charge is 2.11. The Morgan fingerprint density at radius 2 is 1.86 bits per heavy atom. The highest BCUT2D eigenvalue weighted by molar-refractivity contribution is 6.30. The van der Waals surface area contributed by atoms with Gasteiger partial charge < -0.3 is 9.88 Å². The van der Waals surface area contributed by atoms with Gasteiger partial charge in [-0.2, -0.15) is 0 Å². The molecule has 0 amide bonds. The van der Waals surface area contributed by atoms with Crippen molar-refractivity contribution in [1.82, 2.24) is 4.57 Å². The van der Waals surface area contributed by atoms with E-state index in [0.29, 0.717) is 6.54 Å². The lowest BCUT2D eigenvalue weighted by molar-refractivity contribution is 0.672. The first-order valence-electron chi connectivity index (χ1n) is 7.36. The largest absolute Gasteiger partial charge is 0.377 e. The quantitative estimate of drug-likeness (QED) is 0.854. The Labute approximate surface area is 130 Å². The van der Waals surface area contributed by atoms with Crippen LogP contribution in [-0.4, -0.2) is 4.57 Å². The van der Waals surface area contributed by atoms with E-state index in [9.17, 15) is 4.79 Å². The Morgan fingerprint density at radius 3 is 2.48 bits per heavy atom. The zero-order valence-corrected chi connectivity index (χ0v) is 13.2. The highest BCUT2D eigenvalue weighted by Crippen LogP contribution is 2.24. The number of nitrogens with one attached hydrogen (secondary N) is 1. The first kappa shape index (κ1) is 15.6. The zero-order valence-electron chi connectivity index (χ0n) is 12.5. The van der Waals surface area contributed by atoms with Gasteiger partial charge in [-0.25, -0.2) is 0 Å². The zero-order chi connectivity index (χ0) is 15.2. The van der Waals surface area contributed by atoms with Gasteiger partial charge in [0.05, 0.1) is 11.7 Å². The van der Waals surface area contributed by atoms with Gasteiger partial charge in [0, 0.05) is 23.8 Å². The van der Waals surface area contributed by atoms with Gasteiger partial charge in [-0.3, -0.25) is 4.79 Å². The molecule has 0 bridgehead atoms. The van der Waals surface area contributed by atoms with Crippen molar-refractivity contribution in [1.29, 1.82) is 0 Å². The Morgan fingerprint density at radius 1 is 1.14 bits per heavy atom. The van der Waals surface area contributed by atoms with Crippen LogP contribution in [0.25, 0.3) is 0 Å². The van der Waals surface area contributed by atoms with E-state index in [2.05, 4.69) is 12.2 Å². The monoisotopic (exact) mass is 304 g/mol. The number of aryl methyl sites for hydroxylation is 1. The average Bonchev–Trinajstić information content (AvgIpc) is 2.49. The normalized spacial score (nSPS) is 12.1.